The molecule has 0 saturated heterocycles. The maximum atomic E-state index is 5.39. The van der Waals surface area contributed by atoms with Gasteiger partial charge in [-0.05, 0) is 19.4 Å². The molecule has 1 aromatic carbocycles. The van der Waals surface area contributed by atoms with Gasteiger partial charge in [0.15, 0.2) is 0 Å². The molecule has 5 nitrogen and oxygen atoms in total. The third-order valence-corrected chi connectivity index (χ3v) is 3.30. The second kappa shape index (κ2) is 7.05. The fourth-order valence-electron chi connectivity index (χ4n) is 2.20. The van der Waals surface area contributed by atoms with E-state index in [2.05, 4.69) is 35.3 Å². The lowest BCUT2D eigenvalue weighted by Gasteiger charge is -2.17. The molecule has 1 heterocycles. The Morgan fingerprint density at radius 1 is 1.35 bits per heavy atom. The van der Waals surface area contributed by atoms with Crippen molar-refractivity contribution in [2.24, 2.45) is 0 Å². The van der Waals surface area contributed by atoms with Crippen molar-refractivity contribution >= 4 is 0 Å². The minimum atomic E-state index is 0.193. The van der Waals surface area contributed by atoms with Gasteiger partial charge in [-0.3, -0.25) is 0 Å². The second-order valence-corrected chi connectivity index (χ2v) is 4.74. The van der Waals surface area contributed by atoms with Crippen LogP contribution in [0.4, 0.5) is 0 Å². The molecule has 2 aromatic rings. The molecule has 0 radical (unpaired) electrons. The van der Waals surface area contributed by atoms with Crippen molar-refractivity contribution in [3.63, 3.8) is 0 Å². The Balaban J connectivity index is 2.01. The molecule has 0 unspecified atom stereocenters. The summed E-state index contributed by atoms with van der Waals surface area (Å²) in [5, 5.41) is 7.70. The maximum absolute atomic E-state index is 5.39. The number of benzene rings is 1. The van der Waals surface area contributed by atoms with Crippen LogP contribution in [0.15, 0.2) is 30.6 Å². The predicted octanol–water partition coefficient (Wildman–Crippen LogP) is 2.55. The lowest BCUT2D eigenvalue weighted by molar-refractivity contribution is 0.400. The maximum Gasteiger partial charge on any atom is 0.140 e. The Morgan fingerprint density at radius 2 is 2.15 bits per heavy atom. The Bertz CT molecular complexity index is 538. The number of nitrogens with zero attached hydrogens (tertiary/aromatic N) is 3. The largest absolute Gasteiger partial charge is 0.496 e. The first-order valence-electron chi connectivity index (χ1n) is 6.99. The van der Waals surface area contributed by atoms with Crippen LogP contribution in [0.5, 0.6) is 5.75 Å². The third kappa shape index (κ3) is 3.36. The number of rotatable bonds is 7. The van der Waals surface area contributed by atoms with E-state index in [0.717, 1.165) is 30.1 Å². The van der Waals surface area contributed by atoms with Gasteiger partial charge in [0.2, 0.25) is 0 Å². The van der Waals surface area contributed by atoms with Crippen molar-refractivity contribution in [1.29, 1.82) is 0 Å². The van der Waals surface area contributed by atoms with Crippen LogP contribution < -0.4 is 10.1 Å². The van der Waals surface area contributed by atoms with Crippen molar-refractivity contribution in [2.45, 2.75) is 39.4 Å². The zero-order valence-electron chi connectivity index (χ0n) is 12.3. The number of hydrogen-bond acceptors (Lipinski definition) is 4. The molecule has 0 saturated carbocycles. The first-order chi connectivity index (χ1) is 9.76. The monoisotopic (exact) mass is 274 g/mol. The van der Waals surface area contributed by atoms with E-state index < -0.39 is 0 Å². The number of aryl methyl sites for hydroxylation is 1. The molecule has 0 aliphatic heterocycles. The molecule has 2 rings (SSSR count). The molecular weight excluding hydrogens is 252 g/mol. The third-order valence-electron chi connectivity index (χ3n) is 3.30. The Kier molecular flexibility index (Phi) is 5.12. The molecule has 1 atom stereocenters. The van der Waals surface area contributed by atoms with E-state index in [-0.39, 0.29) is 6.04 Å². The SMILES string of the molecule is CCCn1ncnc1CN[C@H](C)c1ccccc1OC. The molecule has 20 heavy (non-hydrogen) atoms. The van der Waals surface area contributed by atoms with Crippen molar-refractivity contribution in [1.82, 2.24) is 20.1 Å². The summed E-state index contributed by atoms with van der Waals surface area (Å²) >= 11 is 0. The summed E-state index contributed by atoms with van der Waals surface area (Å²) in [5.74, 6) is 1.87. The molecule has 0 bridgehead atoms. The Hall–Kier alpha value is -1.88. The summed E-state index contributed by atoms with van der Waals surface area (Å²) in [6.45, 7) is 5.86. The van der Waals surface area contributed by atoms with Gasteiger partial charge in [0.25, 0.3) is 0 Å². The molecule has 0 fully saturated rings. The molecule has 1 aromatic heterocycles. The second-order valence-electron chi connectivity index (χ2n) is 4.74. The lowest BCUT2D eigenvalue weighted by atomic mass is 10.1. The van der Waals surface area contributed by atoms with Gasteiger partial charge in [0, 0.05) is 18.2 Å². The summed E-state index contributed by atoms with van der Waals surface area (Å²) in [4.78, 5) is 4.30. The fourth-order valence-corrected chi connectivity index (χ4v) is 2.20. The number of ether oxygens (including phenoxy) is 1. The van der Waals surface area contributed by atoms with Gasteiger partial charge in [0.1, 0.15) is 17.9 Å². The van der Waals surface area contributed by atoms with Gasteiger partial charge in [-0.25, -0.2) is 9.67 Å². The van der Waals surface area contributed by atoms with Crippen LogP contribution in [0, 0.1) is 0 Å². The van der Waals surface area contributed by atoms with Crippen LogP contribution >= 0.6 is 0 Å². The average Bonchev–Trinajstić information content (AvgIpc) is 2.92. The fraction of sp³-hybridized carbons (Fsp3) is 0.467. The topological polar surface area (TPSA) is 52.0 Å². The molecule has 1 N–H and O–H groups in total. The lowest BCUT2D eigenvalue weighted by Crippen LogP contribution is -2.21. The van der Waals surface area contributed by atoms with E-state index in [1.54, 1.807) is 13.4 Å². The van der Waals surface area contributed by atoms with Crippen LogP contribution in [0.1, 0.15) is 37.7 Å². The van der Waals surface area contributed by atoms with E-state index in [1.165, 1.54) is 0 Å². The first-order valence-corrected chi connectivity index (χ1v) is 6.99. The summed E-state index contributed by atoms with van der Waals surface area (Å²) in [5.41, 5.74) is 1.15. The van der Waals surface area contributed by atoms with Crippen LogP contribution in [-0.4, -0.2) is 21.9 Å². The molecular formula is C15H22N4O. The molecule has 5 heteroatoms. The van der Waals surface area contributed by atoms with Gasteiger partial charge < -0.3 is 10.1 Å². The highest BCUT2D eigenvalue weighted by atomic mass is 16.5. The standard InChI is InChI=1S/C15H22N4O/c1-4-9-19-15(17-11-18-19)10-16-12(2)13-7-5-6-8-14(13)20-3/h5-8,11-12,16H,4,9-10H2,1-3H3/t12-/m1/s1. The number of hydrogen-bond donors (Lipinski definition) is 1. The first kappa shape index (κ1) is 14.5. The van der Waals surface area contributed by atoms with Crippen LogP contribution in [0.3, 0.4) is 0 Å². The van der Waals surface area contributed by atoms with E-state index >= 15 is 0 Å². The van der Waals surface area contributed by atoms with Gasteiger partial charge in [-0.2, -0.15) is 5.10 Å². The highest BCUT2D eigenvalue weighted by Crippen LogP contribution is 2.24. The Labute approximate surface area is 120 Å². The minimum Gasteiger partial charge on any atom is -0.496 e. The number of methoxy groups -OCH3 is 1. The van der Waals surface area contributed by atoms with Crippen molar-refractivity contribution in [3.05, 3.63) is 42.0 Å². The number of nitrogens with one attached hydrogen (secondary N) is 1. The van der Waals surface area contributed by atoms with Gasteiger partial charge in [-0.1, -0.05) is 25.1 Å². The molecule has 108 valence electrons. The zero-order valence-corrected chi connectivity index (χ0v) is 12.3. The molecule has 0 aliphatic rings. The quantitative estimate of drug-likeness (QED) is 0.843. The van der Waals surface area contributed by atoms with Gasteiger partial charge >= 0.3 is 0 Å². The molecule has 0 aliphatic carbocycles. The highest BCUT2D eigenvalue weighted by Gasteiger charge is 2.11. The average molecular weight is 274 g/mol. The van der Waals surface area contributed by atoms with E-state index in [1.807, 2.05) is 22.9 Å². The van der Waals surface area contributed by atoms with Crippen LogP contribution in [0.25, 0.3) is 0 Å². The highest BCUT2D eigenvalue weighted by molar-refractivity contribution is 5.35. The van der Waals surface area contributed by atoms with Gasteiger partial charge in [0.05, 0.1) is 13.7 Å². The summed E-state index contributed by atoms with van der Waals surface area (Å²) in [7, 11) is 1.70. The Morgan fingerprint density at radius 3 is 2.90 bits per heavy atom. The van der Waals surface area contributed by atoms with Crippen molar-refractivity contribution < 1.29 is 4.74 Å². The van der Waals surface area contributed by atoms with E-state index in [9.17, 15) is 0 Å². The smallest absolute Gasteiger partial charge is 0.140 e. The number of para-hydroxylation sites is 1. The van der Waals surface area contributed by atoms with Crippen LogP contribution in [-0.2, 0) is 13.1 Å². The summed E-state index contributed by atoms with van der Waals surface area (Å²) < 4.78 is 7.34. The zero-order chi connectivity index (χ0) is 14.4. The summed E-state index contributed by atoms with van der Waals surface area (Å²) in [6.07, 6.45) is 2.67. The number of aromatic nitrogens is 3. The van der Waals surface area contributed by atoms with E-state index in [4.69, 9.17) is 4.74 Å². The van der Waals surface area contributed by atoms with Crippen LogP contribution in [0.2, 0.25) is 0 Å². The van der Waals surface area contributed by atoms with Crippen molar-refractivity contribution in [3.8, 4) is 5.75 Å². The normalized spacial score (nSPS) is 12.3. The van der Waals surface area contributed by atoms with E-state index in [0.29, 0.717) is 6.54 Å². The molecule has 0 amide bonds. The predicted molar refractivity (Wildman–Crippen MR) is 78.6 cm³/mol. The van der Waals surface area contributed by atoms with Crippen molar-refractivity contribution in [2.75, 3.05) is 7.11 Å². The van der Waals surface area contributed by atoms with Gasteiger partial charge in [-0.15, -0.1) is 0 Å². The summed E-state index contributed by atoms with van der Waals surface area (Å²) in [6, 6.07) is 8.25. The minimum absolute atomic E-state index is 0.193. The molecule has 0 spiro atoms.